The van der Waals surface area contributed by atoms with Crippen molar-refractivity contribution in [3.8, 4) is 0 Å². The lowest BCUT2D eigenvalue weighted by atomic mass is 9.78. The normalized spacial score (nSPS) is 32.8. The summed E-state index contributed by atoms with van der Waals surface area (Å²) in [5.41, 5.74) is -0.794. The first-order valence-electron chi connectivity index (χ1n) is 7.96. The molecule has 2 rings (SSSR count). The van der Waals surface area contributed by atoms with Gasteiger partial charge in [0.15, 0.2) is 0 Å². The maximum Gasteiger partial charge on any atom is 0.310 e. The molecular formula is C16H27NO3. The summed E-state index contributed by atoms with van der Waals surface area (Å²) in [5, 5.41) is 12.5. The van der Waals surface area contributed by atoms with Crippen molar-refractivity contribution in [3.05, 3.63) is 0 Å². The smallest absolute Gasteiger partial charge is 0.310 e. The van der Waals surface area contributed by atoms with Crippen LogP contribution in [0.15, 0.2) is 0 Å². The lowest BCUT2D eigenvalue weighted by Crippen LogP contribution is -2.43. The van der Waals surface area contributed by atoms with Crippen molar-refractivity contribution in [1.29, 1.82) is 0 Å². The van der Waals surface area contributed by atoms with Crippen LogP contribution in [0.3, 0.4) is 0 Å². The molecule has 20 heavy (non-hydrogen) atoms. The van der Waals surface area contributed by atoms with Gasteiger partial charge in [-0.05, 0) is 43.9 Å². The number of hydrogen-bond donors (Lipinski definition) is 2. The number of carbonyl (C=O) groups is 2. The molecule has 0 saturated heterocycles. The molecule has 1 amide bonds. The summed E-state index contributed by atoms with van der Waals surface area (Å²) in [6.45, 7) is 4.50. The average molecular weight is 281 g/mol. The van der Waals surface area contributed by atoms with Crippen molar-refractivity contribution in [1.82, 2.24) is 5.32 Å². The Balaban J connectivity index is 1.87. The zero-order valence-corrected chi connectivity index (χ0v) is 12.7. The van der Waals surface area contributed by atoms with Gasteiger partial charge in [-0.15, -0.1) is 0 Å². The predicted octanol–water partition coefficient (Wildman–Crippen LogP) is 2.96. The molecule has 3 unspecified atom stereocenters. The Morgan fingerprint density at radius 3 is 2.35 bits per heavy atom. The molecule has 4 nitrogen and oxygen atoms in total. The Morgan fingerprint density at radius 1 is 1.15 bits per heavy atom. The fourth-order valence-electron chi connectivity index (χ4n) is 3.78. The zero-order valence-electron chi connectivity index (χ0n) is 12.7. The molecule has 0 heterocycles. The Hall–Kier alpha value is -1.06. The van der Waals surface area contributed by atoms with Crippen LogP contribution in [-0.2, 0) is 9.59 Å². The standard InChI is InChI=1S/C16H27NO3/c1-11-5-6-13(9-12(11)2)17-14(18)10-16(15(19)20)7-3-4-8-16/h11-13H,3-10H2,1-2H3,(H,17,18)(H,19,20). The average Bonchev–Trinajstić information content (AvgIpc) is 2.83. The number of aliphatic carboxylic acids is 1. The molecule has 0 aliphatic heterocycles. The van der Waals surface area contributed by atoms with E-state index >= 15 is 0 Å². The predicted molar refractivity (Wildman–Crippen MR) is 77.3 cm³/mol. The topological polar surface area (TPSA) is 66.4 Å². The van der Waals surface area contributed by atoms with Crippen molar-refractivity contribution in [2.45, 2.75) is 71.3 Å². The minimum Gasteiger partial charge on any atom is -0.481 e. The van der Waals surface area contributed by atoms with Gasteiger partial charge in [-0.25, -0.2) is 0 Å². The van der Waals surface area contributed by atoms with E-state index in [-0.39, 0.29) is 18.4 Å². The Morgan fingerprint density at radius 2 is 1.80 bits per heavy atom. The molecule has 2 fully saturated rings. The van der Waals surface area contributed by atoms with Crippen molar-refractivity contribution >= 4 is 11.9 Å². The molecule has 0 radical (unpaired) electrons. The van der Waals surface area contributed by atoms with Gasteiger partial charge in [-0.1, -0.05) is 26.7 Å². The van der Waals surface area contributed by atoms with Crippen LogP contribution in [0, 0.1) is 17.3 Å². The number of amides is 1. The van der Waals surface area contributed by atoms with Gasteiger partial charge in [-0.2, -0.15) is 0 Å². The van der Waals surface area contributed by atoms with E-state index in [1.165, 1.54) is 0 Å². The molecule has 2 aliphatic carbocycles. The highest BCUT2D eigenvalue weighted by Gasteiger charge is 2.43. The minimum absolute atomic E-state index is 0.0685. The van der Waals surface area contributed by atoms with Gasteiger partial charge in [-0.3, -0.25) is 9.59 Å². The van der Waals surface area contributed by atoms with Crippen LogP contribution in [0.1, 0.15) is 65.2 Å². The molecule has 0 aromatic carbocycles. The van der Waals surface area contributed by atoms with Gasteiger partial charge < -0.3 is 10.4 Å². The second kappa shape index (κ2) is 6.15. The minimum atomic E-state index is -0.796. The lowest BCUT2D eigenvalue weighted by molar-refractivity contribution is -0.151. The summed E-state index contributed by atoms with van der Waals surface area (Å²) in [6.07, 6.45) is 6.50. The summed E-state index contributed by atoms with van der Waals surface area (Å²) in [7, 11) is 0. The van der Waals surface area contributed by atoms with Crippen LogP contribution < -0.4 is 5.32 Å². The highest BCUT2D eigenvalue weighted by Crippen LogP contribution is 2.41. The maximum absolute atomic E-state index is 12.2. The van der Waals surface area contributed by atoms with Crippen molar-refractivity contribution < 1.29 is 14.7 Å². The number of carboxylic acid groups (broad SMARTS) is 1. The molecule has 0 aromatic rings. The SMILES string of the molecule is CC1CCC(NC(=O)CC2(C(=O)O)CCCC2)CC1C. The number of hydrogen-bond acceptors (Lipinski definition) is 2. The van der Waals surface area contributed by atoms with E-state index in [2.05, 4.69) is 19.2 Å². The largest absolute Gasteiger partial charge is 0.481 e. The van der Waals surface area contributed by atoms with E-state index < -0.39 is 11.4 Å². The van der Waals surface area contributed by atoms with Gasteiger partial charge in [0.25, 0.3) is 0 Å². The van der Waals surface area contributed by atoms with Gasteiger partial charge in [0.1, 0.15) is 0 Å². The van der Waals surface area contributed by atoms with Gasteiger partial charge >= 0.3 is 5.97 Å². The quantitative estimate of drug-likeness (QED) is 0.832. The first-order valence-corrected chi connectivity index (χ1v) is 7.96. The molecule has 2 aliphatic rings. The first-order chi connectivity index (χ1) is 9.43. The van der Waals surface area contributed by atoms with E-state index in [0.717, 1.165) is 38.0 Å². The lowest BCUT2D eigenvalue weighted by Gasteiger charge is -2.33. The van der Waals surface area contributed by atoms with E-state index in [4.69, 9.17) is 0 Å². The number of carboxylic acids is 1. The van der Waals surface area contributed by atoms with Crippen LogP contribution >= 0.6 is 0 Å². The Bertz CT molecular complexity index is 374. The molecule has 2 saturated carbocycles. The van der Waals surface area contributed by atoms with Crippen LogP contribution in [0.2, 0.25) is 0 Å². The monoisotopic (exact) mass is 281 g/mol. The van der Waals surface area contributed by atoms with E-state index in [0.29, 0.717) is 18.8 Å². The fraction of sp³-hybridized carbons (Fsp3) is 0.875. The molecule has 0 spiro atoms. The molecule has 2 N–H and O–H groups in total. The third kappa shape index (κ3) is 3.33. The number of carbonyl (C=O) groups excluding carboxylic acids is 1. The van der Waals surface area contributed by atoms with E-state index in [1.807, 2.05) is 0 Å². The zero-order chi connectivity index (χ0) is 14.8. The van der Waals surface area contributed by atoms with Crippen molar-refractivity contribution in [2.75, 3.05) is 0 Å². The van der Waals surface area contributed by atoms with Crippen molar-refractivity contribution in [2.24, 2.45) is 17.3 Å². The fourth-order valence-corrected chi connectivity index (χ4v) is 3.78. The summed E-state index contributed by atoms with van der Waals surface area (Å²) in [6, 6.07) is 0.237. The maximum atomic E-state index is 12.2. The summed E-state index contributed by atoms with van der Waals surface area (Å²) in [4.78, 5) is 23.7. The summed E-state index contributed by atoms with van der Waals surface area (Å²) >= 11 is 0. The highest BCUT2D eigenvalue weighted by molar-refractivity contribution is 5.85. The molecule has 3 atom stereocenters. The second-order valence-corrected chi connectivity index (χ2v) is 7.00. The van der Waals surface area contributed by atoms with Gasteiger partial charge in [0.05, 0.1) is 5.41 Å². The third-order valence-corrected chi connectivity index (χ3v) is 5.48. The number of rotatable bonds is 4. The second-order valence-electron chi connectivity index (χ2n) is 7.00. The molecule has 0 aromatic heterocycles. The van der Waals surface area contributed by atoms with Crippen LogP contribution in [0.4, 0.5) is 0 Å². The van der Waals surface area contributed by atoms with Gasteiger partial charge in [0, 0.05) is 12.5 Å². The van der Waals surface area contributed by atoms with E-state index in [9.17, 15) is 14.7 Å². The Labute approximate surface area is 121 Å². The van der Waals surface area contributed by atoms with Crippen LogP contribution in [0.5, 0.6) is 0 Å². The third-order valence-electron chi connectivity index (χ3n) is 5.48. The van der Waals surface area contributed by atoms with Crippen LogP contribution in [-0.4, -0.2) is 23.0 Å². The molecular weight excluding hydrogens is 254 g/mol. The molecule has 0 bridgehead atoms. The Kier molecular flexibility index (Phi) is 4.71. The summed E-state index contributed by atoms with van der Waals surface area (Å²) < 4.78 is 0. The summed E-state index contributed by atoms with van der Waals surface area (Å²) in [5.74, 6) is 0.495. The van der Waals surface area contributed by atoms with Crippen LogP contribution in [0.25, 0.3) is 0 Å². The van der Waals surface area contributed by atoms with Crippen molar-refractivity contribution in [3.63, 3.8) is 0 Å². The van der Waals surface area contributed by atoms with Gasteiger partial charge in [0.2, 0.25) is 5.91 Å². The molecule has 114 valence electrons. The first kappa shape index (κ1) is 15.3. The highest BCUT2D eigenvalue weighted by atomic mass is 16.4. The molecule has 4 heteroatoms. The number of nitrogens with one attached hydrogen (secondary N) is 1. The van der Waals surface area contributed by atoms with E-state index in [1.54, 1.807) is 0 Å².